The first-order valence-corrected chi connectivity index (χ1v) is 9.40. The number of ether oxygens (including phenoxy) is 3. The fourth-order valence-electron chi connectivity index (χ4n) is 3.71. The van der Waals surface area contributed by atoms with E-state index in [4.69, 9.17) is 14.2 Å². The van der Waals surface area contributed by atoms with E-state index in [1.54, 1.807) is 33.5 Å². The number of amides is 1. The molecular formula is C21H27N3O4. The zero-order valence-electron chi connectivity index (χ0n) is 16.9. The average molecular weight is 385 g/mol. The Hall–Kier alpha value is -2.67. The van der Waals surface area contributed by atoms with Gasteiger partial charge in [-0.25, -0.2) is 9.97 Å². The van der Waals surface area contributed by atoms with Crippen LogP contribution in [0.4, 0.5) is 0 Å². The summed E-state index contributed by atoms with van der Waals surface area (Å²) in [5.41, 5.74) is 2.59. The summed E-state index contributed by atoms with van der Waals surface area (Å²) in [7, 11) is 4.79. The second kappa shape index (κ2) is 9.01. The Morgan fingerprint density at radius 2 is 1.93 bits per heavy atom. The molecule has 7 heteroatoms. The van der Waals surface area contributed by atoms with Crippen LogP contribution < -0.4 is 9.47 Å². The van der Waals surface area contributed by atoms with E-state index < -0.39 is 0 Å². The van der Waals surface area contributed by atoms with Gasteiger partial charge in [0.05, 0.1) is 32.1 Å². The summed E-state index contributed by atoms with van der Waals surface area (Å²) in [6.45, 7) is 3.72. The number of para-hydroxylation sites is 1. The maximum Gasteiger partial charge on any atom is 0.257 e. The smallest absolute Gasteiger partial charge is 0.257 e. The molecule has 0 atom stereocenters. The zero-order chi connectivity index (χ0) is 20.1. The number of methoxy groups -OCH3 is 3. The van der Waals surface area contributed by atoms with Gasteiger partial charge >= 0.3 is 0 Å². The fraction of sp³-hybridized carbons (Fsp3) is 0.476. The second-order valence-corrected chi connectivity index (χ2v) is 6.87. The lowest BCUT2D eigenvalue weighted by Crippen LogP contribution is -2.38. The van der Waals surface area contributed by atoms with E-state index in [-0.39, 0.29) is 5.91 Å². The monoisotopic (exact) mass is 385 g/mol. The number of rotatable bonds is 6. The van der Waals surface area contributed by atoms with Crippen LogP contribution in [0, 0.1) is 6.92 Å². The van der Waals surface area contributed by atoms with Crippen LogP contribution in [0.15, 0.2) is 24.4 Å². The molecule has 150 valence electrons. The summed E-state index contributed by atoms with van der Waals surface area (Å²) in [6.07, 6.45) is 3.55. The Morgan fingerprint density at radius 1 is 1.18 bits per heavy atom. The largest absolute Gasteiger partial charge is 0.493 e. The van der Waals surface area contributed by atoms with Gasteiger partial charge in [0.1, 0.15) is 5.82 Å². The van der Waals surface area contributed by atoms with E-state index >= 15 is 0 Å². The van der Waals surface area contributed by atoms with Crippen LogP contribution in [-0.4, -0.2) is 55.2 Å². The Kier molecular flexibility index (Phi) is 6.46. The fourth-order valence-corrected chi connectivity index (χ4v) is 3.71. The Labute approximate surface area is 165 Å². The maximum absolute atomic E-state index is 13.1. The SMILES string of the molecule is COCc1cnc(C)nc1C1CCN(C(=O)c2cccc(OC)c2OC)CC1. The standard InChI is InChI=1S/C21H27N3O4/c1-14-22-12-16(13-26-2)19(23-14)15-8-10-24(11-9-15)21(25)17-6-5-7-18(27-3)20(17)28-4/h5-7,12,15H,8-11,13H2,1-4H3. The Morgan fingerprint density at radius 3 is 2.57 bits per heavy atom. The number of aromatic nitrogens is 2. The highest BCUT2D eigenvalue weighted by Gasteiger charge is 2.29. The molecule has 28 heavy (non-hydrogen) atoms. The van der Waals surface area contributed by atoms with Gasteiger partial charge in [-0.05, 0) is 31.9 Å². The van der Waals surface area contributed by atoms with Gasteiger partial charge < -0.3 is 19.1 Å². The van der Waals surface area contributed by atoms with Crippen LogP contribution >= 0.6 is 0 Å². The summed E-state index contributed by atoms with van der Waals surface area (Å²) >= 11 is 0. The van der Waals surface area contributed by atoms with E-state index in [9.17, 15) is 4.79 Å². The number of carbonyl (C=O) groups is 1. The molecule has 2 aromatic rings. The molecule has 0 aliphatic carbocycles. The molecule has 0 saturated carbocycles. The van der Waals surface area contributed by atoms with Crippen molar-refractivity contribution in [3.05, 3.63) is 47.0 Å². The van der Waals surface area contributed by atoms with Crippen molar-refractivity contribution in [2.75, 3.05) is 34.4 Å². The van der Waals surface area contributed by atoms with Crippen molar-refractivity contribution < 1.29 is 19.0 Å². The molecule has 2 heterocycles. The van der Waals surface area contributed by atoms with Gasteiger partial charge in [-0.3, -0.25) is 4.79 Å². The van der Waals surface area contributed by atoms with E-state index in [1.165, 1.54) is 0 Å². The van der Waals surface area contributed by atoms with Crippen LogP contribution in [0.5, 0.6) is 11.5 Å². The summed E-state index contributed by atoms with van der Waals surface area (Å²) < 4.78 is 16.0. The van der Waals surface area contributed by atoms with Crippen molar-refractivity contribution in [1.82, 2.24) is 14.9 Å². The quantitative estimate of drug-likeness (QED) is 0.761. The third-order valence-corrected chi connectivity index (χ3v) is 5.12. The Balaban J connectivity index is 1.74. The normalized spacial score (nSPS) is 14.8. The first-order chi connectivity index (χ1) is 13.6. The number of hydrogen-bond acceptors (Lipinski definition) is 6. The predicted octanol–water partition coefficient (Wildman–Crippen LogP) is 2.97. The molecule has 1 aromatic heterocycles. The number of aryl methyl sites for hydroxylation is 1. The number of nitrogens with zero attached hydrogens (tertiary/aromatic N) is 3. The second-order valence-electron chi connectivity index (χ2n) is 6.87. The summed E-state index contributed by atoms with van der Waals surface area (Å²) in [6, 6.07) is 5.37. The lowest BCUT2D eigenvalue weighted by atomic mass is 9.90. The van der Waals surface area contributed by atoms with Crippen LogP contribution in [0.1, 0.15) is 46.2 Å². The first kappa shape index (κ1) is 20.1. The summed E-state index contributed by atoms with van der Waals surface area (Å²) in [4.78, 5) is 23.9. The van der Waals surface area contributed by atoms with Gasteiger partial charge in [0.2, 0.25) is 0 Å². The number of benzene rings is 1. The van der Waals surface area contributed by atoms with E-state index in [0.717, 1.165) is 29.9 Å². The van der Waals surface area contributed by atoms with Crippen molar-refractivity contribution in [3.63, 3.8) is 0 Å². The number of piperidine rings is 1. The van der Waals surface area contributed by atoms with E-state index in [1.807, 2.05) is 24.1 Å². The molecule has 0 radical (unpaired) electrons. The van der Waals surface area contributed by atoms with Crippen molar-refractivity contribution in [2.24, 2.45) is 0 Å². The maximum atomic E-state index is 13.1. The topological polar surface area (TPSA) is 73.8 Å². The molecule has 1 saturated heterocycles. The molecule has 7 nitrogen and oxygen atoms in total. The molecule has 1 aromatic carbocycles. The highest BCUT2D eigenvalue weighted by Crippen LogP contribution is 2.34. The molecule has 0 bridgehead atoms. The van der Waals surface area contributed by atoms with Gasteiger partial charge in [-0.15, -0.1) is 0 Å². The number of hydrogen-bond donors (Lipinski definition) is 0. The van der Waals surface area contributed by atoms with Crippen LogP contribution in [0.2, 0.25) is 0 Å². The third-order valence-electron chi connectivity index (χ3n) is 5.12. The van der Waals surface area contributed by atoms with Crippen LogP contribution in [0.25, 0.3) is 0 Å². The number of carbonyl (C=O) groups excluding carboxylic acids is 1. The van der Waals surface area contributed by atoms with Crippen LogP contribution in [0.3, 0.4) is 0 Å². The van der Waals surface area contributed by atoms with E-state index in [2.05, 4.69) is 9.97 Å². The first-order valence-electron chi connectivity index (χ1n) is 9.40. The average Bonchev–Trinajstić information content (AvgIpc) is 2.74. The highest BCUT2D eigenvalue weighted by atomic mass is 16.5. The van der Waals surface area contributed by atoms with Gasteiger partial charge in [0.25, 0.3) is 5.91 Å². The molecule has 3 rings (SSSR count). The third kappa shape index (κ3) is 4.09. The molecule has 1 fully saturated rings. The molecule has 1 aliphatic rings. The van der Waals surface area contributed by atoms with Crippen molar-refractivity contribution in [3.8, 4) is 11.5 Å². The van der Waals surface area contributed by atoms with Crippen molar-refractivity contribution >= 4 is 5.91 Å². The van der Waals surface area contributed by atoms with Gasteiger partial charge in [0.15, 0.2) is 11.5 Å². The molecular weight excluding hydrogens is 358 g/mol. The van der Waals surface area contributed by atoms with Gasteiger partial charge in [-0.2, -0.15) is 0 Å². The molecule has 0 spiro atoms. The minimum Gasteiger partial charge on any atom is -0.493 e. The lowest BCUT2D eigenvalue weighted by Gasteiger charge is -2.33. The number of likely N-dealkylation sites (tertiary alicyclic amines) is 1. The molecule has 1 amide bonds. The van der Waals surface area contributed by atoms with Gasteiger partial charge in [-0.1, -0.05) is 6.07 Å². The molecule has 0 unspecified atom stereocenters. The minimum atomic E-state index is -0.0369. The Bertz CT molecular complexity index is 832. The molecule has 1 aliphatic heterocycles. The lowest BCUT2D eigenvalue weighted by molar-refractivity contribution is 0.0707. The summed E-state index contributed by atoms with van der Waals surface area (Å²) in [5.74, 6) is 2.05. The zero-order valence-corrected chi connectivity index (χ0v) is 16.9. The minimum absolute atomic E-state index is 0.0369. The van der Waals surface area contributed by atoms with Gasteiger partial charge in [0, 0.05) is 37.9 Å². The predicted molar refractivity (Wildman–Crippen MR) is 105 cm³/mol. The van der Waals surface area contributed by atoms with Crippen molar-refractivity contribution in [2.45, 2.75) is 32.3 Å². The summed E-state index contributed by atoms with van der Waals surface area (Å²) in [5, 5.41) is 0. The molecule has 0 N–H and O–H groups in total. The van der Waals surface area contributed by atoms with E-state index in [0.29, 0.717) is 42.7 Å². The highest BCUT2D eigenvalue weighted by molar-refractivity contribution is 5.97. The van der Waals surface area contributed by atoms with Crippen LogP contribution in [-0.2, 0) is 11.3 Å². The van der Waals surface area contributed by atoms with Crippen molar-refractivity contribution in [1.29, 1.82) is 0 Å².